The number of amides is 5. The molecule has 6 aliphatic rings. The van der Waals surface area contributed by atoms with E-state index in [1.165, 1.54) is 69.1 Å². The number of unbranched alkanes of at least 4 members (excludes halogenated alkanes) is 5. The third kappa shape index (κ3) is 23.8. The molecule has 0 radical (unpaired) electrons. The van der Waals surface area contributed by atoms with Crippen LogP contribution in [0.4, 0.5) is 11.4 Å². The smallest absolute Gasteiger partial charge is 0.328 e. The summed E-state index contributed by atoms with van der Waals surface area (Å²) in [5.41, 5.74) is -1.72. The molecular formula is C87H123Cl2N5O22. The van der Waals surface area contributed by atoms with Gasteiger partial charge in [0.2, 0.25) is 29.5 Å². The first-order valence-corrected chi connectivity index (χ1v) is 41.4. The summed E-state index contributed by atoms with van der Waals surface area (Å²) >= 11 is 13.7. The van der Waals surface area contributed by atoms with Crippen molar-refractivity contribution in [2.45, 2.75) is 287 Å². The number of ether oxygens (including phenoxy) is 10. The molecule has 6 heterocycles. The Labute approximate surface area is 693 Å². The molecule has 2 aromatic carbocycles. The number of fused-ring (bicyclic) bond motifs is 10. The van der Waals surface area contributed by atoms with Crippen molar-refractivity contribution < 1.29 is 106 Å². The van der Waals surface area contributed by atoms with Crippen LogP contribution in [0.3, 0.4) is 0 Å². The van der Waals surface area contributed by atoms with Crippen molar-refractivity contribution in [1.82, 2.24) is 15.1 Å². The van der Waals surface area contributed by atoms with Crippen molar-refractivity contribution in [1.29, 1.82) is 0 Å². The molecule has 3 N–H and O–H groups in total. The van der Waals surface area contributed by atoms with Gasteiger partial charge >= 0.3 is 23.9 Å². The first-order valence-electron chi connectivity index (χ1n) is 40.6. The second kappa shape index (κ2) is 41.3. The minimum atomic E-state index is -1.64. The maximum Gasteiger partial charge on any atom is 0.328 e. The molecule has 6 aliphatic heterocycles. The van der Waals surface area contributed by atoms with Gasteiger partial charge in [-0.15, -0.1) is 0 Å². The van der Waals surface area contributed by atoms with Crippen LogP contribution in [0, 0.1) is 17.8 Å². The zero-order valence-electron chi connectivity index (χ0n) is 70.6. The van der Waals surface area contributed by atoms with Gasteiger partial charge in [-0.2, -0.15) is 0 Å². The number of hydrogen-bond acceptors (Lipinski definition) is 22. The van der Waals surface area contributed by atoms with Crippen LogP contribution < -0.4 is 24.6 Å². The van der Waals surface area contributed by atoms with Crippen molar-refractivity contribution in [2.24, 2.45) is 17.8 Å². The fraction of sp³-hybridized carbons (Fsp3) is 0.655. The number of allylic oxidation sites excluding steroid dienone is 6. The van der Waals surface area contributed by atoms with Gasteiger partial charge in [-0.1, -0.05) is 111 Å². The summed E-state index contributed by atoms with van der Waals surface area (Å²) in [7, 11) is 12.0. The summed E-state index contributed by atoms with van der Waals surface area (Å²) in [4.78, 5) is 142. The lowest BCUT2D eigenvalue weighted by atomic mass is 9.78. The van der Waals surface area contributed by atoms with Gasteiger partial charge < -0.3 is 82.5 Å². The molecule has 5 amide bonds. The predicted octanol–water partition coefficient (Wildman–Crippen LogP) is 11.3. The van der Waals surface area contributed by atoms with Crippen LogP contribution in [0.25, 0.3) is 0 Å². The summed E-state index contributed by atoms with van der Waals surface area (Å²) in [6.45, 7) is 16.4. The minimum absolute atomic E-state index is 0.0106. The van der Waals surface area contributed by atoms with Gasteiger partial charge in [0.15, 0.2) is 0 Å². The zero-order valence-corrected chi connectivity index (χ0v) is 72.2. The summed E-state index contributed by atoms with van der Waals surface area (Å²) in [5, 5.41) is 27.4. The third-order valence-electron chi connectivity index (χ3n) is 24.3. The van der Waals surface area contributed by atoms with Crippen LogP contribution in [0.2, 0.25) is 10.0 Å². The molecule has 5 unspecified atom stereocenters. The van der Waals surface area contributed by atoms with Crippen molar-refractivity contribution >= 4 is 93.8 Å². The number of ketones is 1. The second-order valence-electron chi connectivity index (χ2n) is 33.2. The number of likely N-dealkylation sites (N-methyl/N-ethyl adjacent to an activating group) is 2. The lowest BCUT2D eigenvalue weighted by Crippen LogP contribution is -2.53. The normalized spacial score (nSPS) is 30.0. The predicted molar refractivity (Wildman–Crippen MR) is 436 cm³/mol. The lowest BCUT2D eigenvalue weighted by molar-refractivity contribution is -0.188. The van der Waals surface area contributed by atoms with Gasteiger partial charge in [-0.05, 0) is 134 Å². The van der Waals surface area contributed by atoms with Gasteiger partial charge in [0, 0.05) is 106 Å². The Hall–Kier alpha value is -7.76. The highest BCUT2D eigenvalue weighted by Crippen LogP contribution is 2.52. The molecule has 2 aromatic rings. The molecule has 0 aromatic heterocycles. The van der Waals surface area contributed by atoms with Gasteiger partial charge in [0.1, 0.15) is 98.4 Å². The molecule has 29 heteroatoms. The quantitative estimate of drug-likeness (QED) is 0.0295. The highest BCUT2D eigenvalue weighted by atomic mass is 35.5. The average Bonchev–Trinajstić information content (AvgIpc) is 1.57. The molecule has 4 saturated heterocycles. The largest absolute Gasteiger partial charge is 0.495 e. The molecule has 17 atom stereocenters. The van der Waals surface area contributed by atoms with E-state index in [1.807, 2.05) is 39.8 Å². The zero-order chi connectivity index (χ0) is 85.5. The van der Waals surface area contributed by atoms with E-state index in [4.69, 9.17) is 70.6 Å². The average molecular weight is 1660 g/mol. The number of esters is 4. The monoisotopic (exact) mass is 1660 g/mol. The van der Waals surface area contributed by atoms with E-state index in [0.29, 0.717) is 113 Å². The Morgan fingerprint density at radius 2 is 0.983 bits per heavy atom. The molecule has 0 saturated carbocycles. The number of nitrogens with one attached hydrogen (secondary N) is 1. The number of methoxy groups -OCH3 is 4. The fourth-order valence-corrected chi connectivity index (χ4v) is 16.8. The van der Waals surface area contributed by atoms with Crippen molar-refractivity contribution in [3.05, 3.63) is 93.0 Å². The number of halogens is 2. The van der Waals surface area contributed by atoms with E-state index in [1.54, 1.807) is 90.4 Å². The van der Waals surface area contributed by atoms with Crippen LogP contribution >= 0.6 is 23.2 Å². The molecule has 4 fully saturated rings. The summed E-state index contributed by atoms with van der Waals surface area (Å²) in [6, 6.07) is 4.99. The number of Topliss-reactive ketones (excluding diaryl/α,β-unsaturated/α-hetero) is 1. The number of carbonyl (C=O) groups excluding carboxylic acids is 10. The number of aliphatic hydroxyl groups is 2. The number of hydrogen-bond donors (Lipinski definition) is 3. The minimum Gasteiger partial charge on any atom is -0.495 e. The maximum absolute atomic E-state index is 14.5. The Morgan fingerprint density at radius 3 is 1.39 bits per heavy atom. The van der Waals surface area contributed by atoms with Gasteiger partial charge in [-0.3, -0.25) is 38.4 Å². The molecule has 116 heavy (non-hydrogen) atoms. The van der Waals surface area contributed by atoms with Gasteiger partial charge in [-0.25, -0.2) is 9.59 Å². The van der Waals surface area contributed by atoms with Gasteiger partial charge in [0.05, 0.1) is 63.5 Å². The number of benzene rings is 2. The van der Waals surface area contributed by atoms with Crippen LogP contribution in [0.1, 0.15) is 202 Å². The van der Waals surface area contributed by atoms with E-state index in [0.717, 1.165) is 22.3 Å². The third-order valence-corrected chi connectivity index (χ3v) is 25.1. The molecule has 0 spiro atoms. The van der Waals surface area contributed by atoms with Gasteiger partial charge in [0.25, 0.3) is 0 Å². The number of anilines is 2. The molecule has 642 valence electrons. The number of epoxide rings is 2. The fourth-order valence-electron chi connectivity index (χ4n) is 16.2. The van der Waals surface area contributed by atoms with E-state index < -0.39 is 131 Å². The summed E-state index contributed by atoms with van der Waals surface area (Å²) < 4.78 is 59.7. The number of rotatable bonds is 29. The first kappa shape index (κ1) is 93.7. The maximum atomic E-state index is 14.5. The van der Waals surface area contributed by atoms with E-state index in [-0.39, 0.29) is 97.3 Å². The Morgan fingerprint density at radius 1 is 0.586 bits per heavy atom. The summed E-state index contributed by atoms with van der Waals surface area (Å²) in [5.74, 6) is -4.63. The summed E-state index contributed by atoms with van der Waals surface area (Å²) in [6.07, 6.45) is 9.73. The standard InChI is InChI=1S/C87H123Cl2N5O22/c1-51(34-36-60(95)29-21-18-19-22-32-72(97)91(10)56(6)82(103)113-69-45-74(99)93(12)61-41-58(43-63(107-14)78(61)88)39-52(2)27-25-30-67(109-16)86(105)47-65(111-76(101)49-86)54(4)80-84(69,8)115-80)35-37-71(96)90-38-24-20-23-33-73(98)92(11)57(7)83(104)114-70-46-75(100)94(13)62-42-59(44-64(108-15)79(62)89)40-53(3)28-26-31-68(110-17)87(106)48-66(112-77(102)50-87)55(5)81-85(70,9)116-81/h25-28,30-31,41-44,51,54-57,65-70,80-81,105-106H,18-24,29,32-40,45-50H2,1-17H3,(H,90,96)/b30-25+,31-26+,52-27+,53-28+/t51?,54-,55-,56+,57+,65?,66?,67-,68-,69+,70+,80?,81?,84+,85+,86-,87-/m1/s1. The number of carbonyl (C=O) groups is 10. The Kier molecular flexibility index (Phi) is 33.4. The molecular weight excluding hydrogens is 1540 g/mol. The van der Waals surface area contributed by atoms with E-state index in [2.05, 4.69) is 5.32 Å². The molecule has 0 aliphatic carbocycles. The molecule has 8 bridgehead atoms. The van der Waals surface area contributed by atoms with E-state index >= 15 is 0 Å². The van der Waals surface area contributed by atoms with Crippen LogP contribution in [-0.4, -0.2) is 226 Å². The van der Waals surface area contributed by atoms with Crippen molar-refractivity contribution in [3.63, 3.8) is 0 Å². The number of nitrogens with zero attached hydrogens (tertiary/aromatic N) is 4. The lowest BCUT2D eigenvalue weighted by Gasteiger charge is -2.41. The van der Waals surface area contributed by atoms with Crippen LogP contribution in [0.15, 0.2) is 71.9 Å². The highest BCUT2D eigenvalue weighted by molar-refractivity contribution is 6.36. The Balaban J connectivity index is 0.735. The van der Waals surface area contributed by atoms with E-state index in [9.17, 15) is 58.2 Å². The van der Waals surface area contributed by atoms with Crippen LogP contribution in [0.5, 0.6) is 11.5 Å². The van der Waals surface area contributed by atoms with Crippen molar-refractivity contribution in [2.75, 3.05) is 73.0 Å². The first-order chi connectivity index (χ1) is 54.7. The molecule has 8 rings (SSSR count). The Bertz CT molecular complexity index is 3770. The highest BCUT2D eigenvalue weighted by Gasteiger charge is 2.66. The topological polar surface area (TPSA) is 335 Å². The van der Waals surface area contributed by atoms with Crippen LogP contribution in [-0.2, 0) is 98.7 Å². The second-order valence-corrected chi connectivity index (χ2v) is 34.0. The van der Waals surface area contributed by atoms with Crippen molar-refractivity contribution in [3.8, 4) is 11.5 Å². The molecule has 27 nitrogen and oxygen atoms in total. The SMILES string of the molecule is COc1cc2cc(c1Cl)N(C)C(=O)C[C@H](OC(=O)[C@H](C)N(C)C(=O)CCCCCCC(=O)CCC(C)CCC(=O)NCCCCCC(=O)N(C)[C@@H](C)C(=O)O[C@H]1CC(=O)N(C)c3cc(cc(OC)c3Cl)C/C(C)=C/C=C/[C@@H](OC)[C@]3(O)CC(=O)OC(C3)[C@@H](C)C3O[C@]31C)[C@]1(C)OC1[C@H](C)C1C[C@@](O)(CC(=O)O1)[C@H](OC)/C=C/C=C(\C)C2.